The maximum Gasteiger partial charge on any atom is 0.254 e. The van der Waals surface area contributed by atoms with E-state index in [1.807, 2.05) is 13.8 Å². The van der Waals surface area contributed by atoms with Crippen LogP contribution in [-0.4, -0.2) is 23.2 Å². The molecule has 5 nitrogen and oxygen atoms in total. The molecule has 0 spiro atoms. The number of benzene rings is 2. The first-order valence-corrected chi connectivity index (χ1v) is 11.0. The number of ketones is 1. The van der Waals surface area contributed by atoms with Gasteiger partial charge in [0.1, 0.15) is 17.4 Å². The van der Waals surface area contributed by atoms with Gasteiger partial charge < -0.3 is 10.3 Å². The Bertz CT molecular complexity index is 1080. The topological polar surface area (TPSA) is 61.4 Å². The van der Waals surface area contributed by atoms with E-state index in [1.165, 1.54) is 18.2 Å². The van der Waals surface area contributed by atoms with Crippen LogP contribution in [0.5, 0.6) is 0 Å². The summed E-state index contributed by atoms with van der Waals surface area (Å²) < 4.78 is 28.6. The Labute approximate surface area is 186 Å². The van der Waals surface area contributed by atoms with E-state index in [-0.39, 0.29) is 11.6 Å². The van der Waals surface area contributed by atoms with Crippen LogP contribution in [0.4, 0.5) is 8.78 Å². The number of fused-ring (bicyclic) bond motifs is 1. The van der Waals surface area contributed by atoms with E-state index in [0.29, 0.717) is 53.9 Å². The Hall–Kier alpha value is -3.06. The Morgan fingerprint density at radius 2 is 2.00 bits per heavy atom. The number of amides is 1. The van der Waals surface area contributed by atoms with Crippen molar-refractivity contribution in [1.82, 2.24) is 15.8 Å². The molecule has 2 N–H and O–H groups in total. The average molecular weight is 440 g/mol. The quantitative estimate of drug-likeness (QED) is 0.677. The Morgan fingerprint density at radius 3 is 2.66 bits per heavy atom. The van der Waals surface area contributed by atoms with Crippen LogP contribution in [0, 0.1) is 17.6 Å². The zero-order valence-corrected chi connectivity index (χ0v) is 18.3. The van der Waals surface area contributed by atoms with Crippen molar-refractivity contribution in [1.29, 1.82) is 0 Å². The highest BCUT2D eigenvalue weighted by atomic mass is 19.1. The number of halogens is 2. The normalized spacial score (nSPS) is 18.8. The molecule has 168 valence electrons. The Balaban J connectivity index is 1.71. The molecule has 1 amide bonds. The lowest BCUT2D eigenvalue weighted by Crippen LogP contribution is -2.44. The summed E-state index contributed by atoms with van der Waals surface area (Å²) in [5.41, 5.74) is 5.79. The molecular formula is C25H27F2N3O2. The van der Waals surface area contributed by atoms with Gasteiger partial charge in [0.15, 0.2) is 0 Å². The number of hydrogen-bond donors (Lipinski definition) is 2. The molecule has 2 aromatic rings. The van der Waals surface area contributed by atoms with Crippen molar-refractivity contribution in [2.45, 2.75) is 45.7 Å². The number of carbonyl (C=O) groups is 2. The summed E-state index contributed by atoms with van der Waals surface area (Å²) in [5, 5.41) is 4.76. The van der Waals surface area contributed by atoms with Gasteiger partial charge in [-0.25, -0.2) is 14.2 Å². The predicted molar refractivity (Wildman–Crippen MR) is 118 cm³/mol. The van der Waals surface area contributed by atoms with E-state index in [0.717, 1.165) is 6.42 Å². The van der Waals surface area contributed by atoms with Gasteiger partial charge in [0.25, 0.3) is 5.91 Å². The predicted octanol–water partition coefficient (Wildman–Crippen LogP) is 4.26. The molecule has 7 heteroatoms. The molecule has 1 aliphatic carbocycles. The zero-order chi connectivity index (χ0) is 22.8. The van der Waals surface area contributed by atoms with Crippen LogP contribution in [-0.2, 0) is 16.1 Å². The van der Waals surface area contributed by atoms with Crippen LogP contribution in [0.2, 0.25) is 0 Å². The van der Waals surface area contributed by atoms with Crippen LogP contribution in [0.15, 0.2) is 48.2 Å². The first kappa shape index (κ1) is 22.1. The van der Waals surface area contributed by atoms with E-state index >= 15 is 0 Å². The van der Waals surface area contributed by atoms with Gasteiger partial charge in [0.2, 0.25) is 0 Å². The van der Waals surface area contributed by atoms with Crippen LogP contribution >= 0.6 is 0 Å². The smallest absolute Gasteiger partial charge is 0.254 e. The summed E-state index contributed by atoms with van der Waals surface area (Å²) in [4.78, 5) is 25.8. The number of hydrazine groups is 1. The molecule has 2 atom stereocenters. The third-order valence-corrected chi connectivity index (χ3v) is 6.26. The molecule has 1 heterocycles. The summed E-state index contributed by atoms with van der Waals surface area (Å²) in [6, 6.07) is 10.0. The lowest BCUT2D eigenvalue weighted by molar-refractivity contribution is -0.131. The third-order valence-electron chi connectivity index (χ3n) is 6.26. The van der Waals surface area contributed by atoms with Crippen LogP contribution in [0.3, 0.4) is 0 Å². The van der Waals surface area contributed by atoms with Gasteiger partial charge in [-0.1, -0.05) is 31.2 Å². The van der Waals surface area contributed by atoms with Crippen molar-refractivity contribution in [3.63, 3.8) is 0 Å². The summed E-state index contributed by atoms with van der Waals surface area (Å²) in [5.74, 6) is -1.56. The standard InChI is InChI=1S/C25H27F2N3O2/c1-3-12-28-30-14-20-18(8-5-9-21(20)27)23(15(30)2)25(32)29-24(19-10-11-22(19)31)16-6-4-7-17(26)13-16/h4-9,13,19,24,28H,3,10-12,14H2,1-2H3,(H,29,32)/t19?,24-/m1/s1. The van der Waals surface area contributed by atoms with Gasteiger partial charge >= 0.3 is 0 Å². The molecule has 1 unspecified atom stereocenters. The average Bonchev–Trinajstić information content (AvgIpc) is 2.76. The fourth-order valence-electron chi connectivity index (χ4n) is 4.38. The van der Waals surface area contributed by atoms with E-state index < -0.39 is 23.7 Å². The van der Waals surface area contributed by atoms with E-state index in [2.05, 4.69) is 10.7 Å². The monoisotopic (exact) mass is 439 g/mol. The summed E-state index contributed by atoms with van der Waals surface area (Å²) >= 11 is 0. The highest BCUT2D eigenvalue weighted by Gasteiger charge is 2.38. The number of allylic oxidation sites excluding steroid dienone is 1. The lowest BCUT2D eigenvalue weighted by Gasteiger charge is -2.36. The van der Waals surface area contributed by atoms with Crippen molar-refractivity contribution in [2.75, 3.05) is 6.54 Å². The molecular weight excluding hydrogens is 412 g/mol. The van der Waals surface area contributed by atoms with Crippen LogP contribution in [0.25, 0.3) is 5.57 Å². The molecule has 1 fully saturated rings. The summed E-state index contributed by atoms with van der Waals surface area (Å²) in [6.07, 6.45) is 1.96. The van der Waals surface area contributed by atoms with Crippen LogP contribution < -0.4 is 10.7 Å². The van der Waals surface area contributed by atoms with Gasteiger partial charge in [0, 0.05) is 30.1 Å². The number of nitrogens with one attached hydrogen (secondary N) is 2. The first-order chi connectivity index (χ1) is 15.4. The molecule has 0 radical (unpaired) electrons. The molecule has 0 bridgehead atoms. The van der Waals surface area contributed by atoms with Crippen molar-refractivity contribution in [2.24, 2.45) is 5.92 Å². The van der Waals surface area contributed by atoms with Gasteiger partial charge in [-0.15, -0.1) is 0 Å². The second-order valence-electron chi connectivity index (χ2n) is 8.34. The molecule has 2 aliphatic rings. The first-order valence-electron chi connectivity index (χ1n) is 11.0. The molecule has 1 aliphatic heterocycles. The van der Waals surface area contributed by atoms with Gasteiger partial charge in [-0.3, -0.25) is 9.59 Å². The van der Waals surface area contributed by atoms with E-state index in [1.54, 1.807) is 29.3 Å². The number of rotatable bonds is 7. The maximum atomic E-state index is 14.7. The largest absolute Gasteiger partial charge is 0.344 e. The van der Waals surface area contributed by atoms with Crippen LogP contribution in [0.1, 0.15) is 55.8 Å². The lowest BCUT2D eigenvalue weighted by atomic mass is 9.75. The minimum absolute atomic E-state index is 0.0478. The zero-order valence-electron chi connectivity index (χ0n) is 18.3. The fraction of sp³-hybridized carbons (Fsp3) is 0.360. The van der Waals surface area contributed by atoms with Gasteiger partial charge in [-0.2, -0.15) is 0 Å². The highest BCUT2D eigenvalue weighted by Crippen LogP contribution is 2.37. The minimum Gasteiger partial charge on any atom is -0.344 e. The Morgan fingerprint density at radius 1 is 1.22 bits per heavy atom. The Kier molecular flexibility index (Phi) is 6.37. The van der Waals surface area contributed by atoms with Crippen molar-refractivity contribution >= 4 is 17.3 Å². The highest BCUT2D eigenvalue weighted by molar-refractivity contribution is 6.21. The van der Waals surface area contributed by atoms with E-state index in [4.69, 9.17) is 0 Å². The van der Waals surface area contributed by atoms with Crippen molar-refractivity contribution in [3.8, 4) is 0 Å². The number of nitrogens with zero attached hydrogens (tertiary/aromatic N) is 1. The fourth-order valence-corrected chi connectivity index (χ4v) is 4.38. The summed E-state index contributed by atoms with van der Waals surface area (Å²) in [7, 11) is 0. The number of hydrogen-bond acceptors (Lipinski definition) is 4. The summed E-state index contributed by atoms with van der Waals surface area (Å²) in [6.45, 7) is 4.83. The van der Waals surface area contributed by atoms with Crippen molar-refractivity contribution < 1.29 is 18.4 Å². The molecule has 4 rings (SSSR count). The molecule has 2 aromatic carbocycles. The van der Waals surface area contributed by atoms with Gasteiger partial charge in [0.05, 0.1) is 18.2 Å². The second-order valence-corrected chi connectivity index (χ2v) is 8.34. The number of carbonyl (C=O) groups excluding carboxylic acids is 2. The second kappa shape index (κ2) is 9.20. The third kappa shape index (κ3) is 4.17. The van der Waals surface area contributed by atoms with Gasteiger partial charge in [-0.05, 0) is 49.1 Å². The van der Waals surface area contributed by atoms with E-state index in [9.17, 15) is 18.4 Å². The SMILES string of the molecule is CCCNN1Cc2c(F)cccc2C(C(=O)N[C@H](c2cccc(F)c2)C2CCC2=O)=C1C. The molecule has 1 saturated carbocycles. The molecule has 32 heavy (non-hydrogen) atoms. The maximum absolute atomic E-state index is 14.7. The minimum atomic E-state index is -0.643. The van der Waals surface area contributed by atoms with Crippen molar-refractivity contribution in [3.05, 3.63) is 76.5 Å². The molecule has 0 aromatic heterocycles. The number of Topliss-reactive ketones (excluding diaryl/α,β-unsaturated/α-hetero) is 1. The molecule has 0 saturated heterocycles.